The van der Waals surface area contributed by atoms with E-state index in [1.54, 1.807) is 18.2 Å². The molecule has 2 aromatic rings. The van der Waals surface area contributed by atoms with E-state index in [1.807, 2.05) is 0 Å². The molecule has 0 saturated heterocycles. The maximum Gasteiger partial charge on any atom is 0.279 e. The van der Waals surface area contributed by atoms with Gasteiger partial charge in [-0.15, -0.1) is 6.42 Å². The van der Waals surface area contributed by atoms with E-state index in [9.17, 15) is 4.79 Å². The number of hydrogen-bond donors (Lipinski definition) is 2. The Morgan fingerprint density at radius 1 is 1.42 bits per heavy atom. The lowest BCUT2D eigenvalue weighted by Crippen LogP contribution is -2.17. The molecule has 3 N–H and O–H groups in total. The predicted octanol–water partition coefficient (Wildman–Crippen LogP) is 1.34. The van der Waals surface area contributed by atoms with E-state index in [0.29, 0.717) is 11.5 Å². The highest BCUT2D eigenvalue weighted by Crippen LogP contribution is 2.12. The summed E-state index contributed by atoms with van der Waals surface area (Å²) < 4.78 is 0. The summed E-state index contributed by atoms with van der Waals surface area (Å²) in [6.45, 7) is 0. The second-order valence-electron chi connectivity index (χ2n) is 3.43. The van der Waals surface area contributed by atoms with E-state index in [4.69, 9.17) is 23.8 Å². The Bertz CT molecular complexity index is 680. The highest BCUT2D eigenvalue weighted by Gasteiger charge is 2.14. The highest BCUT2D eigenvalue weighted by molar-refractivity contribution is 6.29. The number of aromatic nitrogens is 3. The fourth-order valence-corrected chi connectivity index (χ4v) is 1.44. The summed E-state index contributed by atoms with van der Waals surface area (Å²) >= 11 is 5.66. The van der Waals surface area contributed by atoms with Crippen LogP contribution in [-0.4, -0.2) is 20.9 Å². The Hall–Kier alpha value is -2.65. The minimum Gasteiger partial charge on any atom is -0.382 e. The Balaban J connectivity index is 2.26. The molecule has 0 spiro atoms. The Kier molecular flexibility index (Phi) is 3.59. The number of pyridine rings is 1. The molecule has 0 atom stereocenters. The van der Waals surface area contributed by atoms with Gasteiger partial charge in [-0.25, -0.2) is 15.0 Å². The molecule has 0 saturated carbocycles. The first-order chi connectivity index (χ1) is 9.10. The van der Waals surface area contributed by atoms with Crippen LogP contribution >= 0.6 is 11.6 Å². The van der Waals surface area contributed by atoms with Crippen molar-refractivity contribution in [1.29, 1.82) is 0 Å². The first kappa shape index (κ1) is 12.8. The molecule has 6 nitrogen and oxygen atoms in total. The SMILES string of the molecule is C#Cc1cccc(NC(=O)c2nc(Cl)cnc2N)n1. The van der Waals surface area contributed by atoms with Crippen molar-refractivity contribution in [3.05, 3.63) is 40.9 Å². The monoisotopic (exact) mass is 273 g/mol. The zero-order valence-electron chi connectivity index (χ0n) is 9.59. The van der Waals surface area contributed by atoms with Crippen LogP contribution in [-0.2, 0) is 0 Å². The van der Waals surface area contributed by atoms with Crippen LogP contribution in [0.1, 0.15) is 16.2 Å². The van der Waals surface area contributed by atoms with Crippen molar-refractivity contribution in [2.75, 3.05) is 11.1 Å². The zero-order chi connectivity index (χ0) is 13.8. The summed E-state index contributed by atoms with van der Waals surface area (Å²) in [5.74, 6) is 2.08. The van der Waals surface area contributed by atoms with Crippen LogP contribution in [0.25, 0.3) is 0 Å². The van der Waals surface area contributed by atoms with Gasteiger partial charge in [0, 0.05) is 0 Å². The number of terminal acetylenes is 1. The average molecular weight is 274 g/mol. The summed E-state index contributed by atoms with van der Waals surface area (Å²) in [6.07, 6.45) is 6.47. The van der Waals surface area contributed by atoms with Gasteiger partial charge >= 0.3 is 0 Å². The van der Waals surface area contributed by atoms with Crippen molar-refractivity contribution in [2.45, 2.75) is 0 Å². The van der Waals surface area contributed by atoms with Crippen molar-refractivity contribution in [2.24, 2.45) is 0 Å². The summed E-state index contributed by atoms with van der Waals surface area (Å²) in [4.78, 5) is 23.5. The summed E-state index contributed by atoms with van der Waals surface area (Å²) in [7, 11) is 0. The van der Waals surface area contributed by atoms with Crippen molar-refractivity contribution in [3.8, 4) is 12.3 Å². The first-order valence-corrected chi connectivity index (χ1v) is 5.51. The van der Waals surface area contributed by atoms with Crippen molar-refractivity contribution in [1.82, 2.24) is 15.0 Å². The van der Waals surface area contributed by atoms with Crippen LogP contribution < -0.4 is 11.1 Å². The van der Waals surface area contributed by atoms with E-state index in [2.05, 4.69) is 26.2 Å². The number of carbonyl (C=O) groups excluding carboxylic acids is 1. The number of halogens is 1. The largest absolute Gasteiger partial charge is 0.382 e. The molecule has 0 aliphatic heterocycles. The van der Waals surface area contributed by atoms with Gasteiger partial charge in [-0.3, -0.25) is 4.79 Å². The van der Waals surface area contributed by atoms with Gasteiger partial charge in [0.25, 0.3) is 5.91 Å². The third kappa shape index (κ3) is 2.97. The van der Waals surface area contributed by atoms with Crippen LogP contribution in [0.2, 0.25) is 5.15 Å². The molecule has 0 aliphatic rings. The van der Waals surface area contributed by atoms with Gasteiger partial charge in [0.1, 0.15) is 16.7 Å². The number of anilines is 2. The first-order valence-electron chi connectivity index (χ1n) is 5.13. The topological polar surface area (TPSA) is 93.8 Å². The lowest BCUT2D eigenvalue weighted by Gasteiger charge is -2.05. The van der Waals surface area contributed by atoms with Gasteiger partial charge in [0.2, 0.25) is 0 Å². The molecule has 2 rings (SSSR count). The summed E-state index contributed by atoms with van der Waals surface area (Å²) in [5.41, 5.74) is 5.89. The molecule has 0 radical (unpaired) electrons. The molecular weight excluding hydrogens is 266 g/mol. The van der Waals surface area contributed by atoms with Crippen molar-refractivity contribution < 1.29 is 4.79 Å². The van der Waals surface area contributed by atoms with Gasteiger partial charge in [-0.2, -0.15) is 0 Å². The number of rotatable bonds is 2. The number of hydrogen-bond acceptors (Lipinski definition) is 5. The normalized spacial score (nSPS) is 9.68. The fraction of sp³-hybridized carbons (Fsp3) is 0. The molecule has 1 amide bonds. The average Bonchev–Trinajstić information content (AvgIpc) is 2.41. The summed E-state index contributed by atoms with van der Waals surface area (Å²) in [5, 5.41) is 2.59. The molecular formula is C12H8ClN5O. The molecule has 0 bridgehead atoms. The third-order valence-electron chi connectivity index (χ3n) is 2.13. The van der Waals surface area contributed by atoms with Gasteiger partial charge in [0.05, 0.1) is 6.20 Å². The molecule has 0 aliphatic carbocycles. The Morgan fingerprint density at radius 2 is 2.21 bits per heavy atom. The minimum atomic E-state index is -0.561. The highest BCUT2D eigenvalue weighted by atomic mass is 35.5. The molecule has 0 aromatic carbocycles. The van der Waals surface area contributed by atoms with Crippen LogP contribution in [0.3, 0.4) is 0 Å². The van der Waals surface area contributed by atoms with E-state index in [0.717, 1.165) is 0 Å². The smallest absolute Gasteiger partial charge is 0.279 e. The Morgan fingerprint density at radius 3 is 2.95 bits per heavy atom. The lowest BCUT2D eigenvalue weighted by atomic mass is 10.3. The van der Waals surface area contributed by atoms with Crippen LogP contribution in [0, 0.1) is 12.3 Å². The fourth-order valence-electron chi connectivity index (χ4n) is 1.30. The second-order valence-corrected chi connectivity index (χ2v) is 3.82. The quantitative estimate of drug-likeness (QED) is 0.805. The van der Waals surface area contributed by atoms with E-state index in [-0.39, 0.29) is 16.7 Å². The van der Waals surface area contributed by atoms with Crippen LogP contribution in [0.4, 0.5) is 11.6 Å². The Labute approximate surface area is 114 Å². The predicted molar refractivity (Wildman–Crippen MR) is 71.6 cm³/mol. The van der Waals surface area contributed by atoms with E-state index < -0.39 is 5.91 Å². The molecule has 7 heteroatoms. The van der Waals surface area contributed by atoms with Gasteiger partial charge in [0.15, 0.2) is 11.5 Å². The molecule has 94 valence electrons. The molecule has 0 unspecified atom stereocenters. The van der Waals surface area contributed by atoms with Crippen molar-refractivity contribution in [3.63, 3.8) is 0 Å². The van der Waals surface area contributed by atoms with Crippen LogP contribution in [0.5, 0.6) is 0 Å². The molecule has 19 heavy (non-hydrogen) atoms. The maximum atomic E-state index is 11.9. The number of amides is 1. The van der Waals surface area contributed by atoms with Gasteiger partial charge in [-0.05, 0) is 12.1 Å². The lowest BCUT2D eigenvalue weighted by molar-refractivity contribution is 0.102. The van der Waals surface area contributed by atoms with Gasteiger partial charge < -0.3 is 11.1 Å². The van der Waals surface area contributed by atoms with E-state index in [1.165, 1.54) is 6.20 Å². The maximum absolute atomic E-state index is 11.9. The molecule has 0 fully saturated rings. The third-order valence-corrected chi connectivity index (χ3v) is 2.31. The molecule has 2 heterocycles. The number of nitrogens with zero attached hydrogens (tertiary/aromatic N) is 3. The number of carbonyl (C=O) groups is 1. The van der Waals surface area contributed by atoms with Crippen LogP contribution in [0.15, 0.2) is 24.4 Å². The van der Waals surface area contributed by atoms with Crippen molar-refractivity contribution >= 4 is 29.1 Å². The zero-order valence-corrected chi connectivity index (χ0v) is 10.3. The minimum absolute atomic E-state index is 0.0185. The number of nitrogens with two attached hydrogens (primary N) is 1. The standard InChI is InChI=1S/C12H8ClN5O/c1-2-7-4-3-5-9(16-7)18-12(19)10-11(14)15-6-8(13)17-10/h1,3-6H,(H2,14,15)(H,16,18,19). The molecule has 2 aromatic heterocycles. The number of nitrogen functional groups attached to an aromatic ring is 1. The number of nitrogens with one attached hydrogen (secondary N) is 1. The van der Waals surface area contributed by atoms with Gasteiger partial charge in [-0.1, -0.05) is 23.6 Å². The summed E-state index contributed by atoms with van der Waals surface area (Å²) in [6, 6.07) is 4.90. The second kappa shape index (κ2) is 5.33. The van der Waals surface area contributed by atoms with E-state index >= 15 is 0 Å².